The Morgan fingerprint density at radius 1 is 1.26 bits per heavy atom. The zero-order valence-corrected chi connectivity index (χ0v) is 17.3. The highest BCUT2D eigenvalue weighted by Crippen LogP contribution is 2.30. The third-order valence-electron chi connectivity index (χ3n) is 4.48. The number of carboxylic acid groups (broad SMARTS) is 1. The zero-order valence-electron chi connectivity index (χ0n) is 15.0. The summed E-state index contributed by atoms with van der Waals surface area (Å²) in [6, 6.07) is 2.52. The van der Waals surface area contributed by atoms with Gasteiger partial charge in [-0.05, 0) is 37.0 Å². The van der Waals surface area contributed by atoms with Crippen LogP contribution in [0.15, 0.2) is 23.1 Å². The molecule has 0 saturated carbocycles. The number of nitrogens with one attached hydrogen (secondary N) is 1. The summed E-state index contributed by atoms with van der Waals surface area (Å²) in [7, 11) is -3.97. The molecule has 0 bridgehead atoms. The number of aliphatic carboxylic acids is 1. The Morgan fingerprint density at radius 3 is 2.37 bits per heavy atom. The number of amides is 1. The normalized spacial score (nSPS) is 19.2. The molecule has 1 aliphatic heterocycles. The first-order valence-corrected chi connectivity index (χ1v) is 10.7. The van der Waals surface area contributed by atoms with Gasteiger partial charge in [-0.1, -0.05) is 37.0 Å². The van der Waals surface area contributed by atoms with E-state index in [1.165, 1.54) is 18.2 Å². The summed E-state index contributed by atoms with van der Waals surface area (Å²) >= 11 is 11.8. The lowest BCUT2D eigenvalue weighted by atomic mass is 10.0. The van der Waals surface area contributed by atoms with Gasteiger partial charge in [-0.3, -0.25) is 9.59 Å². The van der Waals surface area contributed by atoms with E-state index in [4.69, 9.17) is 28.3 Å². The number of sulfonamides is 1. The van der Waals surface area contributed by atoms with Gasteiger partial charge in [0.1, 0.15) is 6.04 Å². The van der Waals surface area contributed by atoms with Gasteiger partial charge >= 0.3 is 5.97 Å². The summed E-state index contributed by atoms with van der Waals surface area (Å²) in [5.41, 5.74) is 0. The first-order valence-electron chi connectivity index (χ1n) is 8.52. The molecule has 1 heterocycles. The fourth-order valence-corrected chi connectivity index (χ4v) is 5.41. The van der Waals surface area contributed by atoms with Gasteiger partial charge in [-0.2, -0.15) is 4.31 Å². The van der Waals surface area contributed by atoms with Crippen LogP contribution in [0.1, 0.15) is 33.1 Å². The summed E-state index contributed by atoms with van der Waals surface area (Å²) in [6.07, 6.45) is 0.654. The summed E-state index contributed by atoms with van der Waals surface area (Å²) in [5, 5.41) is 12.1. The molecule has 1 aromatic rings. The minimum atomic E-state index is -3.97. The quantitative estimate of drug-likeness (QED) is 0.683. The van der Waals surface area contributed by atoms with Crippen LogP contribution in [0.5, 0.6) is 0 Å². The van der Waals surface area contributed by atoms with E-state index in [9.17, 15) is 18.0 Å². The highest BCUT2D eigenvalue weighted by atomic mass is 35.5. The largest absolute Gasteiger partial charge is 0.481 e. The predicted molar refractivity (Wildman–Crippen MR) is 102 cm³/mol. The van der Waals surface area contributed by atoms with Crippen LogP contribution in [-0.4, -0.2) is 48.3 Å². The molecule has 0 unspecified atom stereocenters. The third-order valence-corrected chi connectivity index (χ3v) is 6.80. The van der Waals surface area contributed by atoms with Crippen molar-refractivity contribution in [3.63, 3.8) is 0 Å². The van der Waals surface area contributed by atoms with Gasteiger partial charge in [0.2, 0.25) is 15.9 Å². The summed E-state index contributed by atoms with van der Waals surface area (Å²) in [6.45, 7) is 3.78. The van der Waals surface area contributed by atoms with Crippen molar-refractivity contribution in [2.45, 2.75) is 50.1 Å². The van der Waals surface area contributed by atoms with Crippen LogP contribution in [0.2, 0.25) is 10.0 Å². The molecule has 1 aromatic carbocycles. The minimum absolute atomic E-state index is 0.0781. The molecule has 7 nitrogen and oxygen atoms in total. The molecular weight excluding hydrogens is 415 g/mol. The van der Waals surface area contributed by atoms with E-state index in [-0.39, 0.29) is 33.8 Å². The molecule has 2 atom stereocenters. The number of hydrogen-bond donors (Lipinski definition) is 2. The van der Waals surface area contributed by atoms with E-state index in [0.29, 0.717) is 12.8 Å². The molecule has 0 radical (unpaired) electrons. The van der Waals surface area contributed by atoms with Crippen LogP contribution in [-0.2, 0) is 19.6 Å². The molecule has 1 amide bonds. The lowest BCUT2D eigenvalue weighted by Gasteiger charge is -2.27. The Labute approximate surface area is 168 Å². The molecule has 0 aromatic heterocycles. The van der Waals surface area contributed by atoms with E-state index in [1.54, 1.807) is 13.8 Å². The van der Waals surface area contributed by atoms with Gasteiger partial charge in [0.15, 0.2) is 0 Å². The second-order valence-corrected chi connectivity index (χ2v) is 9.60. The van der Waals surface area contributed by atoms with Gasteiger partial charge in [0.05, 0.1) is 11.3 Å². The SMILES string of the molecule is CC(C)[C@@H](CC(=O)O)NC(=O)[C@@H]1CCCN1S(=O)(=O)c1cc(Cl)cc(Cl)c1. The Bertz CT molecular complexity index is 808. The first kappa shape index (κ1) is 21.9. The van der Waals surface area contributed by atoms with Crippen molar-refractivity contribution in [3.8, 4) is 0 Å². The van der Waals surface area contributed by atoms with Crippen LogP contribution < -0.4 is 5.32 Å². The molecule has 10 heteroatoms. The highest BCUT2D eigenvalue weighted by molar-refractivity contribution is 7.89. The second-order valence-electron chi connectivity index (χ2n) is 6.84. The first-order chi connectivity index (χ1) is 12.5. The van der Waals surface area contributed by atoms with Crippen LogP contribution in [0.4, 0.5) is 0 Å². The number of nitrogens with zero attached hydrogens (tertiary/aromatic N) is 1. The number of benzene rings is 1. The van der Waals surface area contributed by atoms with Crippen molar-refractivity contribution in [3.05, 3.63) is 28.2 Å². The fraction of sp³-hybridized carbons (Fsp3) is 0.529. The molecule has 0 spiro atoms. The minimum Gasteiger partial charge on any atom is -0.481 e. The topological polar surface area (TPSA) is 104 Å². The maximum absolute atomic E-state index is 13.0. The smallest absolute Gasteiger partial charge is 0.305 e. The Hall–Kier alpha value is -1.35. The molecule has 1 saturated heterocycles. The monoisotopic (exact) mass is 436 g/mol. The molecule has 1 fully saturated rings. The van der Waals surface area contributed by atoms with E-state index < -0.39 is 34.0 Å². The number of carbonyl (C=O) groups is 2. The van der Waals surface area contributed by atoms with Crippen molar-refractivity contribution in [2.24, 2.45) is 5.92 Å². The van der Waals surface area contributed by atoms with E-state index in [0.717, 1.165) is 4.31 Å². The van der Waals surface area contributed by atoms with Gasteiger partial charge in [-0.25, -0.2) is 8.42 Å². The van der Waals surface area contributed by atoms with Crippen molar-refractivity contribution in [2.75, 3.05) is 6.54 Å². The average Bonchev–Trinajstić information content (AvgIpc) is 3.03. The van der Waals surface area contributed by atoms with E-state index >= 15 is 0 Å². The van der Waals surface area contributed by atoms with Crippen LogP contribution in [0.25, 0.3) is 0 Å². The van der Waals surface area contributed by atoms with Crippen LogP contribution >= 0.6 is 23.2 Å². The summed E-state index contributed by atoms with van der Waals surface area (Å²) in [5.74, 6) is -1.63. The van der Waals surface area contributed by atoms with E-state index in [2.05, 4.69) is 5.32 Å². The summed E-state index contributed by atoms with van der Waals surface area (Å²) < 4.78 is 27.1. The Kier molecular flexibility index (Phi) is 7.13. The van der Waals surface area contributed by atoms with Crippen LogP contribution in [0.3, 0.4) is 0 Å². The molecule has 2 N–H and O–H groups in total. The lowest BCUT2D eigenvalue weighted by molar-refractivity contribution is -0.138. The molecular formula is C17H22Cl2N2O5S. The predicted octanol–water partition coefficient (Wildman–Crippen LogP) is 2.76. The summed E-state index contributed by atoms with van der Waals surface area (Å²) in [4.78, 5) is 23.6. The molecule has 150 valence electrons. The Balaban J connectivity index is 2.25. The molecule has 1 aliphatic rings. The number of carbonyl (C=O) groups excluding carboxylic acids is 1. The number of hydrogen-bond acceptors (Lipinski definition) is 4. The highest BCUT2D eigenvalue weighted by Gasteiger charge is 2.40. The third kappa shape index (κ3) is 5.34. The standard InChI is InChI=1S/C17H22Cl2N2O5S/c1-10(2)14(9-16(22)23)20-17(24)15-4-3-5-21(15)27(25,26)13-7-11(18)6-12(19)8-13/h6-8,10,14-15H,3-5,9H2,1-2H3,(H,20,24)(H,22,23)/t14-,15+/m1/s1. The van der Waals surface area contributed by atoms with Crippen molar-refractivity contribution in [1.82, 2.24) is 9.62 Å². The van der Waals surface area contributed by atoms with Gasteiger partial charge < -0.3 is 10.4 Å². The molecule has 0 aliphatic carbocycles. The maximum atomic E-state index is 13.0. The zero-order chi connectivity index (χ0) is 20.4. The van der Waals surface area contributed by atoms with Gasteiger partial charge in [-0.15, -0.1) is 0 Å². The fourth-order valence-electron chi connectivity index (χ4n) is 3.02. The van der Waals surface area contributed by atoms with Crippen molar-refractivity contribution < 1.29 is 23.1 Å². The van der Waals surface area contributed by atoms with Gasteiger partial charge in [0.25, 0.3) is 0 Å². The molecule has 27 heavy (non-hydrogen) atoms. The van der Waals surface area contributed by atoms with E-state index in [1.807, 2.05) is 0 Å². The van der Waals surface area contributed by atoms with Crippen LogP contribution in [0, 0.1) is 5.92 Å². The number of halogens is 2. The van der Waals surface area contributed by atoms with Crippen molar-refractivity contribution in [1.29, 1.82) is 0 Å². The van der Waals surface area contributed by atoms with Crippen molar-refractivity contribution >= 4 is 45.1 Å². The Morgan fingerprint density at radius 2 is 1.85 bits per heavy atom. The van der Waals surface area contributed by atoms with Gasteiger partial charge in [0, 0.05) is 22.6 Å². The second kappa shape index (κ2) is 8.77. The number of carboxylic acids is 1. The lowest BCUT2D eigenvalue weighted by Crippen LogP contribution is -2.50. The maximum Gasteiger partial charge on any atom is 0.305 e. The molecule has 2 rings (SSSR count). The average molecular weight is 437 g/mol. The number of rotatable bonds is 7.